The van der Waals surface area contributed by atoms with E-state index in [1.807, 2.05) is 0 Å². The summed E-state index contributed by atoms with van der Waals surface area (Å²) in [4.78, 5) is 0. The average molecular weight is 173 g/mol. The third kappa shape index (κ3) is 2.19. The fourth-order valence-electron chi connectivity index (χ4n) is 1.93. The van der Waals surface area contributed by atoms with E-state index in [1.165, 1.54) is 0 Å². The second kappa shape index (κ2) is 4.22. The van der Waals surface area contributed by atoms with E-state index in [1.54, 1.807) is 0 Å². The van der Waals surface area contributed by atoms with Crippen molar-refractivity contribution in [2.24, 2.45) is 17.8 Å². The molecule has 0 spiro atoms. The van der Waals surface area contributed by atoms with Crippen LogP contribution in [-0.2, 0) is 0 Å². The Morgan fingerprint density at radius 2 is 2.00 bits per heavy atom. The molecule has 12 heavy (non-hydrogen) atoms. The van der Waals surface area contributed by atoms with Crippen molar-refractivity contribution in [2.45, 2.75) is 33.4 Å². The second-order valence-corrected chi connectivity index (χ2v) is 4.28. The van der Waals surface area contributed by atoms with Gasteiger partial charge in [-0.25, -0.2) is 4.39 Å². The molecule has 1 nitrogen and oxygen atoms in total. The first-order valence-electron chi connectivity index (χ1n) is 4.97. The molecular formula is C10H20FN. The van der Waals surface area contributed by atoms with Gasteiger partial charge in [-0.3, -0.25) is 0 Å². The smallest absolute Gasteiger partial charge is 0.116 e. The lowest BCUT2D eigenvalue weighted by molar-refractivity contribution is 0.110. The van der Waals surface area contributed by atoms with Crippen LogP contribution in [0.25, 0.3) is 0 Å². The third-order valence-electron chi connectivity index (χ3n) is 3.19. The molecule has 1 aliphatic rings. The molecule has 1 heterocycles. The summed E-state index contributed by atoms with van der Waals surface area (Å²) >= 11 is 0. The highest BCUT2D eigenvalue weighted by atomic mass is 19.1. The summed E-state index contributed by atoms with van der Waals surface area (Å²) in [5, 5.41) is 3.08. The van der Waals surface area contributed by atoms with Gasteiger partial charge in [0.2, 0.25) is 0 Å². The van der Waals surface area contributed by atoms with E-state index in [0.29, 0.717) is 18.4 Å². The molecule has 0 aromatic heterocycles. The highest BCUT2D eigenvalue weighted by molar-refractivity contribution is 4.82. The van der Waals surface area contributed by atoms with Gasteiger partial charge in [-0.1, -0.05) is 20.8 Å². The van der Waals surface area contributed by atoms with Crippen molar-refractivity contribution in [3.8, 4) is 0 Å². The minimum atomic E-state index is -0.629. The van der Waals surface area contributed by atoms with Crippen LogP contribution < -0.4 is 5.32 Å². The minimum absolute atomic E-state index is 0.284. The molecule has 0 aliphatic carbocycles. The van der Waals surface area contributed by atoms with Crippen molar-refractivity contribution < 1.29 is 4.39 Å². The van der Waals surface area contributed by atoms with E-state index < -0.39 is 6.17 Å². The van der Waals surface area contributed by atoms with Gasteiger partial charge in [0.25, 0.3) is 0 Å². The number of hydrogen-bond donors (Lipinski definition) is 1. The summed E-state index contributed by atoms with van der Waals surface area (Å²) in [6, 6.07) is 0. The lowest BCUT2D eigenvalue weighted by atomic mass is 9.79. The largest absolute Gasteiger partial charge is 0.314 e. The van der Waals surface area contributed by atoms with Crippen LogP contribution in [0, 0.1) is 17.8 Å². The molecular weight excluding hydrogens is 153 g/mol. The summed E-state index contributed by atoms with van der Waals surface area (Å²) in [5.41, 5.74) is 0. The van der Waals surface area contributed by atoms with Gasteiger partial charge < -0.3 is 5.32 Å². The molecule has 0 radical (unpaired) electrons. The Morgan fingerprint density at radius 1 is 1.33 bits per heavy atom. The molecule has 0 bridgehead atoms. The highest BCUT2D eigenvalue weighted by Gasteiger charge is 2.30. The van der Waals surface area contributed by atoms with E-state index in [-0.39, 0.29) is 5.92 Å². The number of rotatable bonds is 2. The van der Waals surface area contributed by atoms with Gasteiger partial charge >= 0.3 is 0 Å². The molecule has 0 aromatic rings. The first-order valence-corrected chi connectivity index (χ1v) is 4.97. The lowest BCUT2D eigenvalue weighted by Gasteiger charge is -2.33. The fourth-order valence-corrected chi connectivity index (χ4v) is 1.93. The Balaban J connectivity index is 2.47. The molecule has 1 N–H and O–H groups in total. The maximum atomic E-state index is 13.4. The van der Waals surface area contributed by atoms with Crippen LogP contribution in [0.15, 0.2) is 0 Å². The van der Waals surface area contributed by atoms with Crippen molar-refractivity contribution in [1.82, 2.24) is 5.32 Å². The second-order valence-electron chi connectivity index (χ2n) is 4.28. The van der Waals surface area contributed by atoms with E-state index in [9.17, 15) is 4.39 Å². The summed E-state index contributed by atoms with van der Waals surface area (Å²) < 4.78 is 13.4. The average Bonchev–Trinajstić information content (AvgIpc) is 2.04. The number of piperidine rings is 1. The first-order chi connectivity index (χ1) is 5.63. The number of halogens is 1. The molecule has 0 saturated carbocycles. The molecule has 1 rings (SSSR count). The van der Waals surface area contributed by atoms with Crippen molar-refractivity contribution in [1.29, 1.82) is 0 Å². The molecule has 3 atom stereocenters. The molecule has 1 aliphatic heterocycles. The first kappa shape index (κ1) is 9.97. The van der Waals surface area contributed by atoms with Gasteiger partial charge in [0.05, 0.1) is 0 Å². The van der Waals surface area contributed by atoms with Crippen LogP contribution in [0.1, 0.15) is 27.2 Å². The topological polar surface area (TPSA) is 12.0 Å². The zero-order chi connectivity index (χ0) is 9.14. The van der Waals surface area contributed by atoms with E-state index >= 15 is 0 Å². The van der Waals surface area contributed by atoms with Crippen LogP contribution in [0.5, 0.6) is 0 Å². The van der Waals surface area contributed by atoms with Crippen LogP contribution in [-0.4, -0.2) is 19.3 Å². The van der Waals surface area contributed by atoms with E-state index in [2.05, 4.69) is 26.1 Å². The van der Waals surface area contributed by atoms with Crippen LogP contribution in [0.2, 0.25) is 0 Å². The lowest BCUT2D eigenvalue weighted by Crippen LogP contribution is -2.41. The zero-order valence-corrected chi connectivity index (χ0v) is 8.31. The molecule has 1 fully saturated rings. The standard InChI is InChI=1S/C10H20FN/c1-7(2)8(3)9-4-5-12-6-10(9)11/h7-10,12H,4-6H2,1-3H3. The number of alkyl halides is 1. The van der Waals surface area contributed by atoms with Gasteiger partial charge in [0.1, 0.15) is 6.17 Å². The maximum absolute atomic E-state index is 13.4. The third-order valence-corrected chi connectivity index (χ3v) is 3.19. The molecule has 2 heteroatoms. The predicted octanol–water partition coefficient (Wildman–Crippen LogP) is 2.23. The molecule has 0 amide bonds. The SMILES string of the molecule is CC(C)C(C)C1CCNCC1F. The van der Waals surface area contributed by atoms with Crippen molar-refractivity contribution in [2.75, 3.05) is 13.1 Å². The van der Waals surface area contributed by atoms with Crippen LogP contribution >= 0.6 is 0 Å². The van der Waals surface area contributed by atoms with E-state index in [0.717, 1.165) is 13.0 Å². The monoisotopic (exact) mass is 173 g/mol. The summed E-state index contributed by atoms with van der Waals surface area (Å²) in [6.45, 7) is 8.08. The molecule has 72 valence electrons. The van der Waals surface area contributed by atoms with Crippen molar-refractivity contribution in [3.05, 3.63) is 0 Å². The fraction of sp³-hybridized carbons (Fsp3) is 1.00. The van der Waals surface area contributed by atoms with Gasteiger partial charge in [0.15, 0.2) is 0 Å². The molecule has 1 saturated heterocycles. The van der Waals surface area contributed by atoms with E-state index in [4.69, 9.17) is 0 Å². The van der Waals surface area contributed by atoms with Gasteiger partial charge in [-0.15, -0.1) is 0 Å². The molecule has 3 unspecified atom stereocenters. The summed E-state index contributed by atoms with van der Waals surface area (Å²) in [6.07, 6.45) is 0.372. The predicted molar refractivity (Wildman–Crippen MR) is 49.9 cm³/mol. The van der Waals surface area contributed by atoms with Gasteiger partial charge in [-0.2, -0.15) is 0 Å². The number of hydrogen-bond acceptors (Lipinski definition) is 1. The Kier molecular flexibility index (Phi) is 3.51. The van der Waals surface area contributed by atoms with Crippen molar-refractivity contribution in [3.63, 3.8) is 0 Å². The number of nitrogens with one attached hydrogen (secondary N) is 1. The van der Waals surface area contributed by atoms with Crippen LogP contribution in [0.3, 0.4) is 0 Å². The minimum Gasteiger partial charge on any atom is -0.314 e. The summed E-state index contributed by atoms with van der Waals surface area (Å²) in [5.74, 6) is 1.40. The Labute approximate surface area is 74.7 Å². The maximum Gasteiger partial charge on any atom is 0.116 e. The highest BCUT2D eigenvalue weighted by Crippen LogP contribution is 2.29. The Bertz CT molecular complexity index is 136. The Hall–Kier alpha value is -0.110. The normalized spacial score (nSPS) is 33.8. The van der Waals surface area contributed by atoms with Crippen LogP contribution in [0.4, 0.5) is 4.39 Å². The molecule has 0 aromatic carbocycles. The summed E-state index contributed by atoms with van der Waals surface area (Å²) in [7, 11) is 0. The quantitative estimate of drug-likeness (QED) is 0.675. The Morgan fingerprint density at radius 3 is 2.50 bits per heavy atom. The van der Waals surface area contributed by atoms with Gasteiger partial charge in [-0.05, 0) is 30.7 Å². The van der Waals surface area contributed by atoms with Crippen molar-refractivity contribution >= 4 is 0 Å². The zero-order valence-electron chi connectivity index (χ0n) is 8.31. The van der Waals surface area contributed by atoms with Gasteiger partial charge in [0, 0.05) is 6.54 Å².